The molecular weight excluding hydrogens is 334 g/mol. The molecule has 0 aromatic carbocycles. The second kappa shape index (κ2) is 8.68. The minimum absolute atomic E-state index is 0.0546. The number of nitrogens with zero attached hydrogens (tertiary/aromatic N) is 5. The smallest absolute Gasteiger partial charge is 0.245 e. The van der Waals surface area contributed by atoms with Crippen molar-refractivity contribution in [2.24, 2.45) is 0 Å². The Morgan fingerprint density at radius 1 is 1.38 bits per heavy atom. The van der Waals surface area contributed by atoms with E-state index in [2.05, 4.69) is 15.0 Å². The van der Waals surface area contributed by atoms with Crippen LogP contribution < -0.4 is 4.90 Å². The summed E-state index contributed by atoms with van der Waals surface area (Å²) in [6.45, 7) is 1.72. The molecule has 2 unspecified atom stereocenters. The van der Waals surface area contributed by atoms with Crippen molar-refractivity contribution in [3.63, 3.8) is 0 Å². The van der Waals surface area contributed by atoms with Crippen LogP contribution in [0.15, 0.2) is 43.1 Å². The predicted octanol–water partition coefficient (Wildman–Crippen LogP) is 0.486. The van der Waals surface area contributed by atoms with Crippen LogP contribution in [0.4, 0.5) is 5.82 Å². The van der Waals surface area contributed by atoms with Gasteiger partial charge in [0.1, 0.15) is 18.2 Å². The number of pyridine rings is 1. The van der Waals surface area contributed by atoms with E-state index < -0.39 is 12.1 Å². The SMILES string of the molecule is COCCN(Cc1cccnc1)C(=O)C1CC(O)CN1c1ccncn1. The standard InChI is InChI=1S/C18H23N5O3/c1-26-8-7-22(11-14-3-2-5-19-10-14)18(25)16-9-15(24)12-23(16)17-4-6-20-13-21-17/h2-6,10,13,15-16,24H,7-9,11-12H2,1H3. The first-order valence-corrected chi connectivity index (χ1v) is 8.56. The Kier molecular flexibility index (Phi) is 6.08. The first-order valence-electron chi connectivity index (χ1n) is 8.56. The molecule has 3 rings (SSSR count). The summed E-state index contributed by atoms with van der Waals surface area (Å²) in [5.74, 6) is 0.587. The molecule has 1 aliphatic heterocycles. The maximum atomic E-state index is 13.2. The summed E-state index contributed by atoms with van der Waals surface area (Å²) in [6, 6.07) is 5.07. The van der Waals surface area contributed by atoms with Gasteiger partial charge in [-0.15, -0.1) is 0 Å². The topological polar surface area (TPSA) is 91.7 Å². The Morgan fingerprint density at radius 3 is 2.96 bits per heavy atom. The normalized spacial score (nSPS) is 19.5. The molecule has 0 radical (unpaired) electrons. The average Bonchev–Trinajstić information content (AvgIpc) is 3.08. The summed E-state index contributed by atoms with van der Waals surface area (Å²) >= 11 is 0. The van der Waals surface area contributed by atoms with Gasteiger partial charge in [-0.05, 0) is 17.7 Å². The Balaban J connectivity index is 1.79. The highest BCUT2D eigenvalue weighted by molar-refractivity contribution is 5.85. The number of aromatic nitrogens is 3. The highest BCUT2D eigenvalue weighted by Crippen LogP contribution is 2.25. The van der Waals surface area contributed by atoms with Crippen molar-refractivity contribution < 1.29 is 14.6 Å². The molecule has 3 heterocycles. The first kappa shape index (κ1) is 18.2. The van der Waals surface area contributed by atoms with Gasteiger partial charge < -0.3 is 19.6 Å². The summed E-state index contributed by atoms with van der Waals surface area (Å²) in [5, 5.41) is 10.1. The lowest BCUT2D eigenvalue weighted by molar-refractivity contribution is -0.133. The van der Waals surface area contributed by atoms with E-state index >= 15 is 0 Å². The number of β-amino-alcohol motifs (C(OH)–C–C–N with tert-alkyl or cyclic N) is 1. The van der Waals surface area contributed by atoms with Crippen molar-refractivity contribution in [2.75, 3.05) is 31.7 Å². The van der Waals surface area contributed by atoms with E-state index in [1.54, 1.807) is 36.7 Å². The van der Waals surface area contributed by atoms with Gasteiger partial charge in [0.25, 0.3) is 0 Å². The molecule has 0 aliphatic carbocycles. The number of hydrogen-bond donors (Lipinski definition) is 1. The fraction of sp³-hybridized carbons (Fsp3) is 0.444. The van der Waals surface area contributed by atoms with Crippen molar-refractivity contribution in [3.05, 3.63) is 48.7 Å². The second-order valence-corrected chi connectivity index (χ2v) is 6.24. The maximum Gasteiger partial charge on any atom is 0.245 e. The van der Waals surface area contributed by atoms with Crippen LogP contribution in [0.2, 0.25) is 0 Å². The van der Waals surface area contributed by atoms with Crippen molar-refractivity contribution in [3.8, 4) is 0 Å². The largest absolute Gasteiger partial charge is 0.391 e. The van der Waals surface area contributed by atoms with Crippen LogP contribution in [0.25, 0.3) is 0 Å². The molecule has 2 aromatic heterocycles. The third-order valence-electron chi connectivity index (χ3n) is 4.40. The van der Waals surface area contributed by atoms with E-state index in [1.165, 1.54) is 6.33 Å². The number of carbonyl (C=O) groups is 1. The number of hydrogen-bond acceptors (Lipinski definition) is 7. The summed E-state index contributed by atoms with van der Waals surface area (Å²) < 4.78 is 5.16. The molecule has 8 nitrogen and oxygen atoms in total. The average molecular weight is 357 g/mol. The molecule has 0 saturated carbocycles. The van der Waals surface area contributed by atoms with Gasteiger partial charge in [-0.2, -0.15) is 0 Å². The number of amides is 1. The first-order chi connectivity index (χ1) is 12.7. The summed E-state index contributed by atoms with van der Waals surface area (Å²) in [6.07, 6.45) is 6.33. The minimum Gasteiger partial charge on any atom is -0.391 e. The van der Waals surface area contributed by atoms with Gasteiger partial charge in [0.15, 0.2) is 0 Å². The van der Waals surface area contributed by atoms with E-state index in [9.17, 15) is 9.90 Å². The number of carbonyl (C=O) groups excluding carboxylic acids is 1. The van der Waals surface area contributed by atoms with E-state index in [0.29, 0.717) is 38.5 Å². The number of rotatable bonds is 7. The second-order valence-electron chi connectivity index (χ2n) is 6.24. The molecule has 0 bridgehead atoms. The molecule has 1 N–H and O–H groups in total. The zero-order valence-corrected chi connectivity index (χ0v) is 14.7. The van der Waals surface area contributed by atoms with Gasteiger partial charge in [-0.3, -0.25) is 9.78 Å². The van der Waals surface area contributed by atoms with Crippen molar-refractivity contribution in [2.45, 2.75) is 25.1 Å². The van der Waals surface area contributed by atoms with Crippen molar-refractivity contribution in [1.29, 1.82) is 0 Å². The fourth-order valence-corrected chi connectivity index (χ4v) is 3.15. The highest BCUT2D eigenvalue weighted by Gasteiger charge is 2.38. The van der Waals surface area contributed by atoms with Crippen molar-refractivity contribution >= 4 is 11.7 Å². The molecule has 1 aliphatic rings. The van der Waals surface area contributed by atoms with Crippen LogP contribution in [0.5, 0.6) is 0 Å². The molecular formula is C18H23N5O3. The van der Waals surface area contributed by atoms with Crippen LogP contribution in [0, 0.1) is 0 Å². The Hall–Kier alpha value is -2.58. The third-order valence-corrected chi connectivity index (χ3v) is 4.40. The van der Waals surface area contributed by atoms with Gasteiger partial charge in [0.2, 0.25) is 5.91 Å². The predicted molar refractivity (Wildman–Crippen MR) is 95.3 cm³/mol. The molecule has 1 fully saturated rings. The highest BCUT2D eigenvalue weighted by atomic mass is 16.5. The number of ether oxygens (including phenoxy) is 1. The fourth-order valence-electron chi connectivity index (χ4n) is 3.15. The Bertz CT molecular complexity index is 700. The third kappa shape index (κ3) is 4.33. The summed E-state index contributed by atoms with van der Waals surface area (Å²) in [7, 11) is 1.61. The molecule has 1 amide bonds. The van der Waals surface area contributed by atoms with Gasteiger partial charge in [0, 0.05) is 51.8 Å². The van der Waals surface area contributed by atoms with Crippen LogP contribution in [0.1, 0.15) is 12.0 Å². The van der Waals surface area contributed by atoms with Crippen LogP contribution in [-0.2, 0) is 16.1 Å². The molecule has 0 spiro atoms. The van der Waals surface area contributed by atoms with Crippen molar-refractivity contribution in [1.82, 2.24) is 19.9 Å². The number of anilines is 1. The maximum absolute atomic E-state index is 13.2. The van der Waals surface area contributed by atoms with E-state index in [1.807, 2.05) is 17.0 Å². The lowest BCUT2D eigenvalue weighted by atomic mass is 10.1. The molecule has 1 saturated heterocycles. The Labute approximate surface area is 152 Å². The molecule has 2 aromatic rings. The van der Waals surface area contributed by atoms with Gasteiger partial charge in [-0.1, -0.05) is 6.07 Å². The molecule has 26 heavy (non-hydrogen) atoms. The monoisotopic (exact) mass is 357 g/mol. The van der Waals surface area contributed by atoms with Crippen LogP contribution in [-0.4, -0.2) is 69.8 Å². The van der Waals surface area contributed by atoms with E-state index in [4.69, 9.17) is 4.74 Å². The van der Waals surface area contributed by atoms with Gasteiger partial charge in [0.05, 0.1) is 12.7 Å². The van der Waals surface area contributed by atoms with E-state index in [0.717, 1.165) is 5.56 Å². The quantitative estimate of drug-likeness (QED) is 0.771. The zero-order valence-electron chi connectivity index (χ0n) is 14.7. The summed E-state index contributed by atoms with van der Waals surface area (Å²) in [4.78, 5) is 29.1. The number of aliphatic hydroxyl groups is 1. The molecule has 2 atom stereocenters. The van der Waals surface area contributed by atoms with Crippen LogP contribution >= 0.6 is 0 Å². The Morgan fingerprint density at radius 2 is 2.27 bits per heavy atom. The molecule has 8 heteroatoms. The zero-order chi connectivity index (χ0) is 18.4. The van der Waals surface area contributed by atoms with Gasteiger partial charge >= 0.3 is 0 Å². The number of aliphatic hydroxyl groups excluding tert-OH is 1. The lowest BCUT2D eigenvalue weighted by Crippen LogP contribution is -2.46. The summed E-state index contributed by atoms with van der Waals surface area (Å²) in [5.41, 5.74) is 0.948. The van der Waals surface area contributed by atoms with Crippen LogP contribution in [0.3, 0.4) is 0 Å². The minimum atomic E-state index is -0.568. The van der Waals surface area contributed by atoms with E-state index in [-0.39, 0.29) is 5.91 Å². The number of methoxy groups -OCH3 is 1. The lowest BCUT2D eigenvalue weighted by Gasteiger charge is -2.30. The van der Waals surface area contributed by atoms with Gasteiger partial charge in [-0.25, -0.2) is 9.97 Å². The molecule has 138 valence electrons.